The van der Waals surface area contributed by atoms with Crippen molar-refractivity contribution < 1.29 is 14.3 Å². The lowest BCUT2D eigenvalue weighted by atomic mass is 10.1. The molecule has 0 bridgehead atoms. The van der Waals surface area contributed by atoms with Gasteiger partial charge in [-0.05, 0) is 37.6 Å². The first-order valence-electron chi connectivity index (χ1n) is 8.42. The Morgan fingerprint density at radius 1 is 1.16 bits per heavy atom. The van der Waals surface area contributed by atoms with Crippen LogP contribution in [0.15, 0.2) is 42.5 Å². The highest BCUT2D eigenvalue weighted by molar-refractivity contribution is 6.08. The van der Waals surface area contributed by atoms with Crippen molar-refractivity contribution in [3.63, 3.8) is 0 Å². The van der Waals surface area contributed by atoms with Crippen molar-refractivity contribution in [3.8, 4) is 11.5 Å². The van der Waals surface area contributed by atoms with Crippen LogP contribution in [-0.4, -0.2) is 29.1 Å². The van der Waals surface area contributed by atoms with Gasteiger partial charge in [0, 0.05) is 29.7 Å². The Bertz CT molecular complexity index is 945. The molecule has 0 aliphatic carbocycles. The third-order valence-electron chi connectivity index (χ3n) is 4.59. The fraction of sp³-hybridized carbons (Fsp3) is 0.250. The number of ether oxygens (including phenoxy) is 2. The third-order valence-corrected chi connectivity index (χ3v) is 4.59. The summed E-state index contributed by atoms with van der Waals surface area (Å²) in [6.45, 7) is 5.36. The highest BCUT2D eigenvalue weighted by Crippen LogP contribution is 2.33. The third kappa shape index (κ3) is 2.71. The first-order chi connectivity index (χ1) is 12.2. The Hall–Kier alpha value is -2.95. The molecule has 0 fully saturated rings. The normalized spacial score (nSPS) is 12.6. The summed E-state index contributed by atoms with van der Waals surface area (Å²) in [4.78, 5) is 18.3. The van der Waals surface area contributed by atoms with Gasteiger partial charge >= 0.3 is 0 Å². The van der Waals surface area contributed by atoms with Crippen LogP contribution in [0.5, 0.6) is 11.5 Å². The highest BCUT2D eigenvalue weighted by Gasteiger charge is 2.22. The molecule has 0 saturated heterocycles. The summed E-state index contributed by atoms with van der Waals surface area (Å²) in [5.41, 5.74) is 3.66. The van der Waals surface area contributed by atoms with Crippen LogP contribution in [0, 0.1) is 6.92 Å². The number of fused-ring (bicyclic) bond motifs is 2. The monoisotopic (exact) mass is 336 g/mol. The quantitative estimate of drug-likeness (QED) is 0.787. The predicted octanol–water partition coefficient (Wildman–Crippen LogP) is 3.87. The summed E-state index contributed by atoms with van der Waals surface area (Å²) in [5.74, 6) is 1.53. The number of hydrogen-bond acceptors (Lipinski definition) is 3. The smallest absolute Gasteiger partial charge is 0.256 e. The number of nitrogens with one attached hydrogen (secondary N) is 1. The molecule has 5 nitrogen and oxygen atoms in total. The van der Waals surface area contributed by atoms with E-state index in [4.69, 9.17) is 9.47 Å². The lowest BCUT2D eigenvalue weighted by Crippen LogP contribution is -2.30. The van der Waals surface area contributed by atoms with Crippen LogP contribution in [0.25, 0.3) is 10.9 Å². The number of amides is 1. The minimum absolute atomic E-state index is 0.0371. The van der Waals surface area contributed by atoms with E-state index in [1.54, 1.807) is 0 Å². The molecule has 1 aliphatic heterocycles. The number of aryl methyl sites for hydroxylation is 1. The summed E-state index contributed by atoms with van der Waals surface area (Å²) >= 11 is 0. The number of nitrogens with zero attached hydrogens (tertiary/aromatic N) is 1. The summed E-state index contributed by atoms with van der Waals surface area (Å²) in [5, 5.41) is 0.967. The van der Waals surface area contributed by atoms with Crippen LogP contribution >= 0.6 is 0 Å². The fourth-order valence-corrected chi connectivity index (χ4v) is 3.30. The van der Waals surface area contributed by atoms with E-state index in [0.29, 0.717) is 13.1 Å². The van der Waals surface area contributed by atoms with Crippen LogP contribution in [0.3, 0.4) is 0 Å². The Balaban J connectivity index is 1.64. The molecule has 4 rings (SSSR count). The maximum absolute atomic E-state index is 13.2. The molecular weight excluding hydrogens is 316 g/mol. The summed E-state index contributed by atoms with van der Waals surface area (Å²) in [7, 11) is 0. The zero-order valence-electron chi connectivity index (χ0n) is 14.3. The van der Waals surface area contributed by atoms with E-state index in [0.717, 1.165) is 39.2 Å². The van der Waals surface area contributed by atoms with Crippen LogP contribution in [0.1, 0.15) is 28.5 Å². The number of H-pyrrole nitrogens is 1. The summed E-state index contributed by atoms with van der Waals surface area (Å²) in [6, 6.07) is 13.7. The molecular formula is C20H20N2O3. The van der Waals surface area contributed by atoms with E-state index in [1.807, 2.05) is 61.2 Å². The summed E-state index contributed by atoms with van der Waals surface area (Å²) < 4.78 is 10.8. The van der Waals surface area contributed by atoms with E-state index in [9.17, 15) is 4.79 Å². The Labute approximate surface area is 146 Å². The minimum atomic E-state index is 0.0371. The molecule has 0 radical (unpaired) electrons. The van der Waals surface area contributed by atoms with E-state index in [-0.39, 0.29) is 12.7 Å². The van der Waals surface area contributed by atoms with Gasteiger partial charge in [-0.1, -0.05) is 24.3 Å². The molecule has 1 aliphatic rings. The minimum Gasteiger partial charge on any atom is -0.454 e. The molecule has 0 saturated carbocycles. The number of aromatic amines is 1. The van der Waals surface area contributed by atoms with Crippen LogP contribution in [0.4, 0.5) is 0 Å². The SMILES string of the molecule is CCN(Cc1ccc2c(c1)OCO2)C(=O)c1c(C)[nH]c2ccccc12. The van der Waals surface area contributed by atoms with Crippen LogP contribution in [-0.2, 0) is 6.54 Å². The fourth-order valence-electron chi connectivity index (χ4n) is 3.30. The maximum Gasteiger partial charge on any atom is 0.256 e. The Kier molecular flexibility index (Phi) is 3.84. The van der Waals surface area contributed by atoms with Gasteiger partial charge in [0.2, 0.25) is 6.79 Å². The maximum atomic E-state index is 13.2. The highest BCUT2D eigenvalue weighted by atomic mass is 16.7. The number of carbonyl (C=O) groups excluding carboxylic acids is 1. The van der Waals surface area contributed by atoms with Gasteiger partial charge in [-0.25, -0.2) is 0 Å². The van der Waals surface area contributed by atoms with Gasteiger partial charge < -0.3 is 19.4 Å². The van der Waals surface area contributed by atoms with Gasteiger partial charge in [0.05, 0.1) is 5.56 Å². The van der Waals surface area contributed by atoms with E-state index in [1.165, 1.54) is 0 Å². The van der Waals surface area contributed by atoms with Crippen molar-refractivity contribution in [1.82, 2.24) is 9.88 Å². The second-order valence-corrected chi connectivity index (χ2v) is 6.18. The molecule has 128 valence electrons. The van der Waals surface area contributed by atoms with Crippen molar-refractivity contribution in [1.29, 1.82) is 0 Å². The summed E-state index contributed by atoms with van der Waals surface area (Å²) in [6.07, 6.45) is 0. The molecule has 0 spiro atoms. The molecule has 0 atom stereocenters. The van der Waals surface area contributed by atoms with Crippen LogP contribution < -0.4 is 9.47 Å². The number of carbonyl (C=O) groups is 1. The van der Waals surface area contributed by atoms with Crippen molar-refractivity contribution in [2.24, 2.45) is 0 Å². The average molecular weight is 336 g/mol. The van der Waals surface area contributed by atoms with Crippen molar-refractivity contribution in [2.45, 2.75) is 20.4 Å². The molecule has 3 aromatic rings. The Morgan fingerprint density at radius 2 is 1.96 bits per heavy atom. The number of benzene rings is 2. The van der Waals surface area contributed by atoms with Gasteiger partial charge in [0.25, 0.3) is 5.91 Å². The molecule has 5 heteroatoms. The zero-order chi connectivity index (χ0) is 17.4. The van der Waals surface area contributed by atoms with Crippen molar-refractivity contribution in [2.75, 3.05) is 13.3 Å². The van der Waals surface area contributed by atoms with Crippen molar-refractivity contribution in [3.05, 3.63) is 59.3 Å². The molecule has 0 unspecified atom stereocenters. The predicted molar refractivity (Wildman–Crippen MR) is 96.0 cm³/mol. The average Bonchev–Trinajstić information content (AvgIpc) is 3.21. The molecule has 2 heterocycles. The lowest BCUT2D eigenvalue weighted by molar-refractivity contribution is 0.0753. The molecule has 1 aromatic heterocycles. The van der Waals surface area contributed by atoms with Gasteiger partial charge in [-0.2, -0.15) is 0 Å². The van der Waals surface area contributed by atoms with Gasteiger partial charge in [-0.15, -0.1) is 0 Å². The number of aromatic nitrogens is 1. The second kappa shape index (κ2) is 6.16. The molecule has 1 amide bonds. The van der Waals surface area contributed by atoms with Crippen LogP contribution in [0.2, 0.25) is 0 Å². The largest absolute Gasteiger partial charge is 0.454 e. The van der Waals surface area contributed by atoms with Crippen molar-refractivity contribution >= 4 is 16.8 Å². The number of hydrogen-bond donors (Lipinski definition) is 1. The van der Waals surface area contributed by atoms with Gasteiger partial charge in [0.1, 0.15) is 0 Å². The number of para-hydroxylation sites is 1. The van der Waals surface area contributed by atoms with Gasteiger partial charge in [0.15, 0.2) is 11.5 Å². The molecule has 2 aromatic carbocycles. The lowest BCUT2D eigenvalue weighted by Gasteiger charge is -2.21. The first kappa shape index (κ1) is 15.6. The zero-order valence-corrected chi connectivity index (χ0v) is 14.3. The van der Waals surface area contributed by atoms with E-state index >= 15 is 0 Å². The first-order valence-corrected chi connectivity index (χ1v) is 8.42. The van der Waals surface area contributed by atoms with Gasteiger partial charge in [-0.3, -0.25) is 4.79 Å². The Morgan fingerprint density at radius 3 is 2.80 bits per heavy atom. The second-order valence-electron chi connectivity index (χ2n) is 6.18. The topological polar surface area (TPSA) is 54.6 Å². The molecule has 25 heavy (non-hydrogen) atoms. The molecule has 1 N–H and O–H groups in total. The van der Waals surface area contributed by atoms with E-state index < -0.39 is 0 Å². The number of rotatable bonds is 4. The van der Waals surface area contributed by atoms with E-state index in [2.05, 4.69) is 4.98 Å². The standard InChI is InChI=1S/C20H20N2O3/c1-3-22(11-14-8-9-17-18(10-14)25-12-24-17)20(23)19-13(2)21-16-7-5-4-6-15(16)19/h4-10,21H,3,11-12H2,1-2H3.